The van der Waals surface area contributed by atoms with Crippen LogP contribution in [0.15, 0.2) is 30.3 Å². The average molecular weight is 326 g/mol. The molecule has 1 aromatic heterocycles. The van der Waals surface area contributed by atoms with Gasteiger partial charge in [-0.25, -0.2) is 0 Å². The van der Waals surface area contributed by atoms with Crippen molar-refractivity contribution in [2.24, 2.45) is 0 Å². The summed E-state index contributed by atoms with van der Waals surface area (Å²) in [7, 11) is 3.75. The van der Waals surface area contributed by atoms with E-state index in [1.807, 2.05) is 33.8 Å². The first-order valence-electron chi connectivity index (χ1n) is 8.36. The van der Waals surface area contributed by atoms with E-state index in [0.717, 1.165) is 49.6 Å². The summed E-state index contributed by atoms with van der Waals surface area (Å²) in [5, 5.41) is 4.52. The predicted molar refractivity (Wildman–Crippen MR) is 89.9 cm³/mol. The number of likely N-dealkylation sites (tertiary alicyclic amines) is 1. The molecule has 4 rings (SSSR count). The van der Waals surface area contributed by atoms with Gasteiger partial charge in [0.1, 0.15) is 5.75 Å². The zero-order valence-corrected chi connectivity index (χ0v) is 14.1. The third kappa shape index (κ3) is 2.57. The number of carbonyl (C=O) groups excluding carboxylic acids is 1. The smallest absolute Gasteiger partial charge is 0.274 e. The van der Waals surface area contributed by atoms with Crippen LogP contribution in [0, 0.1) is 0 Å². The van der Waals surface area contributed by atoms with Crippen molar-refractivity contribution in [1.29, 1.82) is 0 Å². The zero-order chi connectivity index (χ0) is 16.7. The molecule has 0 spiro atoms. The van der Waals surface area contributed by atoms with Crippen molar-refractivity contribution in [2.45, 2.75) is 25.6 Å². The maximum atomic E-state index is 12.9. The molecule has 6 nitrogen and oxygen atoms in total. The van der Waals surface area contributed by atoms with E-state index < -0.39 is 0 Å². The lowest BCUT2D eigenvalue weighted by molar-refractivity contribution is 0.0452. The molecular formula is C18H22N4O2. The van der Waals surface area contributed by atoms with Gasteiger partial charge in [-0.1, -0.05) is 12.1 Å². The quantitative estimate of drug-likeness (QED) is 0.865. The van der Waals surface area contributed by atoms with Crippen LogP contribution < -0.4 is 4.74 Å². The lowest BCUT2D eigenvalue weighted by Gasteiger charge is -2.41. The van der Waals surface area contributed by atoms with Crippen molar-refractivity contribution in [1.82, 2.24) is 19.6 Å². The first-order chi connectivity index (χ1) is 11.7. The summed E-state index contributed by atoms with van der Waals surface area (Å²) < 4.78 is 7.26. The first-order valence-corrected chi connectivity index (χ1v) is 8.36. The monoisotopic (exact) mass is 326 g/mol. The fourth-order valence-electron chi connectivity index (χ4n) is 3.47. The fourth-order valence-corrected chi connectivity index (χ4v) is 3.47. The van der Waals surface area contributed by atoms with Crippen LogP contribution >= 0.6 is 0 Å². The Kier molecular flexibility index (Phi) is 3.76. The summed E-state index contributed by atoms with van der Waals surface area (Å²) in [6.45, 7) is 3.44. The molecule has 0 N–H and O–H groups in total. The lowest BCUT2D eigenvalue weighted by Crippen LogP contribution is -2.45. The highest BCUT2D eigenvalue weighted by Gasteiger charge is 2.35. The molecule has 1 aromatic carbocycles. The van der Waals surface area contributed by atoms with Gasteiger partial charge in [0.05, 0.1) is 25.4 Å². The Balaban J connectivity index is 1.54. The van der Waals surface area contributed by atoms with E-state index in [0.29, 0.717) is 5.69 Å². The molecule has 1 amide bonds. The molecule has 0 radical (unpaired) electrons. The molecule has 3 heterocycles. The van der Waals surface area contributed by atoms with Crippen molar-refractivity contribution in [3.63, 3.8) is 0 Å². The molecular weight excluding hydrogens is 304 g/mol. The van der Waals surface area contributed by atoms with Crippen molar-refractivity contribution in [2.75, 3.05) is 27.2 Å². The van der Waals surface area contributed by atoms with E-state index in [1.165, 1.54) is 0 Å². The Morgan fingerprint density at radius 3 is 2.88 bits per heavy atom. The van der Waals surface area contributed by atoms with Gasteiger partial charge in [-0.05, 0) is 37.2 Å². The van der Waals surface area contributed by atoms with Gasteiger partial charge >= 0.3 is 0 Å². The van der Waals surface area contributed by atoms with Crippen molar-refractivity contribution >= 4 is 5.91 Å². The minimum absolute atomic E-state index is 0.0265. The van der Waals surface area contributed by atoms with Crippen LogP contribution in [0.1, 0.15) is 34.2 Å². The molecule has 2 aliphatic rings. The number of fused-ring (bicyclic) bond motifs is 1. The number of nitrogens with zero attached hydrogens (tertiary/aromatic N) is 4. The highest BCUT2D eigenvalue weighted by molar-refractivity contribution is 5.93. The Morgan fingerprint density at radius 2 is 2.12 bits per heavy atom. The van der Waals surface area contributed by atoms with Gasteiger partial charge in [0, 0.05) is 19.6 Å². The number of rotatable bonds is 3. The minimum atomic E-state index is 0.0265. The van der Waals surface area contributed by atoms with Crippen LogP contribution in [0.2, 0.25) is 0 Å². The van der Waals surface area contributed by atoms with Crippen LogP contribution in [0.4, 0.5) is 0 Å². The number of aromatic nitrogens is 2. The number of likely N-dealkylation sites (N-methyl/N-ethyl adjacent to an activating group) is 1. The number of hydrogen-bond acceptors (Lipinski definition) is 4. The standard InChI is InChI=1S/C18H22N4O2/c1-20-8-9-22-14(12-20)11-16(19-22)18(23)21-7-6-17(21)13-4-3-5-15(10-13)24-2/h3-5,10-11,17H,6-9,12H2,1-2H3. The maximum Gasteiger partial charge on any atom is 0.274 e. The minimum Gasteiger partial charge on any atom is -0.497 e. The average Bonchev–Trinajstić information content (AvgIpc) is 2.97. The summed E-state index contributed by atoms with van der Waals surface area (Å²) in [5.74, 6) is 0.853. The molecule has 24 heavy (non-hydrogen) atoms. The topological polar surface area (TPSA) is 50.6 Å². The number of amides is 1. The largest absolute Gasteiger partial charge is 0.497 e. The summed E-state index contributed by atoms with van der Waals surface area (Å²) in [4.78, 5) is 17.0. The number of hydrogen-bond donors (Lipinski definition) is 0. The second kappa shape index (κ2) is 5.94. The molecule has 0 bridgehead atoms. The van der Waals surface area contributed by atoms with E-state index in [9.17, 15) is 4.79 Å². The SMILES string of the molecule is COc1cccc(C2CCN2C(=O)c2cc3n(n2)CCN(C)C3)c1. The van der Waals surface area contributed by atoms with Crippen LogP contribution in [0.25, 0.3) is 0 Å². The number of carbonyl (C=O) groups is 1. The predicted octanol–water partition coefficient (Wildman–Crippen LogP) is 1.92. The molecule has 1 saturated heterocycles. The molecule has 2 aromatic rings. The van der Waals surface area contributed by atoms with Gasteiger partial charge in [-0.2, -0.15) is 5.10 Å². The van der Waals surface area contributed by atoms with E-state index >= 15 is 0 Å². The highest BCUT2D eigenvalue weighted by Crippen LogP contribution is 2.35. The van der Waals surface area contributed by atoms with Gasteiger partial charge < -0.3 is 9.64 Å². The summed E-state index contributed by atoms with van der Waals surface area (Å²) in [6, 6.07) is 10.0. The van der Waals surface area contributed by atoms with E-state index in [2.05, 4.69) is 23.1 Å². The second-order valence-electron chi connectivity index (χ2n) is 6.56. The molecule has 1 unspecified atom stereocenters. The molecule has 126 valence electrons. The summed E-state index contributed by atoms with van der Waals surface area (Å²) in [6.07, 6.45) is 0.981. The third-order valence-corrected chi connectivity index (χ3v) is 4.97. The Labute approximate surface area is 141 Å². The molecule has 1 fully saturated rings. The second-order valence-corrected chi connectivity index (χ2v) is 6.56. The van der Waals surface area contributed by atoms with Crippen molar-refractivity contribution in [3.05, 3.63) is 47.3 Å². The van der Waals surface area contributed by atoms with Gasteiger partial charge in [0.25, 0.3) is 5.91 Å². The van der Waals surface area contributed by atoms with Crippen LogP contribution in [0.3, 0.4) is 0 Å². The zero-order valence-electron chi connectivity index (χ0n) is 14.1. The van der Waals surface area contributed by atoms with Gasteiger partial charge in [0.2, 0.25) is 0 Å². The van der Waals surface area contributed by atoms with Crippen LogP contribution in [0.5, 0.6) is 5.75 Å². The first kappa shape index (κ1) is 15.2. The van der Waals surface area contributed by atoms with Crippen molar-refractivity contribution in [3.8, 4) is 5.75 Å². The Hall–Kier alpha value is -2.34. The summed E-state index contributed by atoms with van der Waals surface area (Å²) >= 11 is 0. The molecule has 6 heteroatoms. The lowest BCUT2D eigenvalue weighted by atomic mass is 9.94. The molecule has 2 aliphatic heterocycles. The maximum absolute atomic E-state index is 12.9. The Morgan fingerprint density at radius 1 is 1.25 bits per heavy atom. The van der Waals surface area contributed by atoms with Gasteiger partial charge in [-0.15, -0.1) is 0 Å². The van der Waals surface area contributed by atoms with E-state index in [4.69, 9.17) is 4.74 Å². The fraction of sp³-hybridized carbons (Fsp3) is 0.444. The van der Waals surface area contributed by atoms with Crippen LogP contribution in [-0.4, -0.2) is 52.7 Å². The van der Waals surface area contributed by atoms with E-state index in [1.54, 1.807) is 7.11 Å². The van der Waals surface area contributed by atoms with Gasteiger partial charge in [-0.3, -0.25) is 14.4 Å². The summed E-state index contributed by atoms with van der Waals surface area (Å²) in [5.41, 5.74) is 2.80. The van der Waals surface area contributed by atoms with Crippen LogP contribution in [-0.2, 0) is 13.1 Å². The molecule has 0 saturated carbocycles. The van der Waals surface area contributed by atoms with Gasteiger partial charge in [0.15, 0.2) is 5.69 Å². The van der Waals surface area contributed by atoms with Crippen molar-refractivity contribution < 1.29 is 9.53 Å². The Bertz CT molecular complexity index is 770. The number of ether oxygens (including phenoxy) is 1. The normalized spacial score (nSPS) is 20.4. The third-order valence-electron chi connectivity index (χ3n) is 4.97. The highest BCUT2D eigenvalue weighted by atomic mass is 16.5. The molecule has 0 aliphatic carbocycles. The van der Waals surface area contributed by atoms with E-state index in [-0.39, 0.29) is 11.9 Å². The number of benzene rings is 1. The number of methoxy groups -OCH3 is 1. The molecule has 1 atom stereocenters.